The molecule has 118 valence electrons. The van der Waals surface area contributed by atoms with Crippen molar-refractivity contribution in [1.82, 2.24) is 4.98 Å². The van der Waals surface area contributed by atoms with Crippen LogP contribution < -0.4 is 5.32 Å². The molecule has 3 aliphatic carbocycles. The number of aliphatic carboxylic acids is 1. The van der Waals surface area contributed by atoms with E-state index in [0.717, 1.165) is 44.2 Å². The Bertz CT molecular complexity index is 603. The highest BCUT2D eigenvalue weighted by Crippen LogP contribution is 2.52. The minimum atomic E-state index is -0.814. The van der Waals surface area contributed by atoms with E-state index >= 15 is 0 Å². The molecule has 1 aromatic heterocycles. The lowest BCUT2D eigenvalue weighted by Crippen LogP contribution is -2.37. The largest absolute Gasteiger partial charge is 0.481 e. The van der Waals surface area contributed by atoms with Gasteiger partial charge in [-0.05, 0) is 56.8 Å². The Morgan fingerprint density at radius 2 is 1.86 bits per heavy atom. The van der Waals surface area contributed by atoms with Gasteiger partial charge in [0.2, 0.25) is 5.91 Å². The minimum absolute atomic E-state index is 0.134. The van der Waals surface area contributed by atoms with Crippen LogP contribution in [0.3, 0.4) is 0 Å². The number of carboxylic acids is 1. The summed E-state index contributed by atoms with van der Waals surface area (Å²) in [5.74, 6) is -1.41. The molecule has 1 aromatic rings. The van der Waals surface area contributed by atoms with E-state index in [1.54, 1.807) is 11.3 Å². The van der Waals surface area contributed by atoms with Gasteiger partial charge in [0.05, 0.1) is 17.5 Å². The van der Waals surface area contributed by atoms with Gasteiger partial charge in [-0.25, -0.2) is 4.98 Å². The highest BCUT2D eigenvalue weighted by atomic mass is 32.1. The number of fused-ring (bicyclic) bond motifs is 3. The van der Waals surface area contributed by atoms with Crippen LogP contribution in [0.5, 0.6) is 0 Å². The molecule has 6 heteroatoms. The molecule has 2 saturated carbocycles. The third-order valence-electron chi connectivity index (χ3n) is 5.58. The zero-order chi connectivity index (χ0) is 15.3. The molecule has 3 aliphatic rings. The van der Waals surface area contributed by atoms with Crippen LogP contribution in [0.1, 0.15) is 42.7 Å². The lowest BCUT2D eigenvalue weighted by Gasteiger charge is -2.26. The van der Waals surface area contributed by atoms with E-state index in [9.17, 15) is 14.7 Å². The normalized spacial score (nSPS) is 32.7. The number of rotatable bonds is 3. The van der Waals surface area contributed by atoms with Gasteiger partial charge in [0.1, 0.15) is 0 Å². The summed E-state index contributed by atoms with van der Waals surface area (Å²) in [5, 5.41) is 13.0. The lowest BCUT2D eigenvalue weighted by atomic mass is 9.79. The first kappa shape index (κ1) is 14.2. The molecule has 0 aromatic carbocycles. The van der Waals surface area contributed by atoms with Gasteiger partial charge in [0.25, 0.3) is 0 Å². The molecule has 5 nitrogen and oxygen atoms in total. The molecule has 2 bridgehead atoms. The SMILES string of the molecule is O=C(O)[C@@H]1[C@H]2CC[C@@H](C2)[C@@H]1C(=O)Nc1nc2c(s1)CCCC2. The van der Waals surface area contributed by atoms with Crippen LogP contribution in [0, 0.1) is 23.7 Å². The van der Waals surface area contributed by atoms with Crippen LogP contribution in [0.4, 0.5) is 5.13 Å². The molecular weight excluding hydrogens is 300 g/mol. The van der Waals surface area contributed by atoms with Crippen molar-refractivity contribution >= 4 is 28.3 Å². The van der Waals surface area contributed by atoms with Crippen molar-refractivity contribution in [1.29, 1.82) is 0 Å². The molecule has 0 radical (unpaired) electrons. The van der Waals surface area contributed by atoms with Crippen LogP contribution in [-0.2, 0) is 22.4 Å². The van der Waals surface area contributed by atoms with Crippen LogP contribution in [-0.4, -0.2) is 22.0 Å². The Kier molecular flexibility index (Phi) is 3.44. The number of aryl methyl sites for hydroxylation is 2. The smallest absolute Gasteiger partial charge is 0.307 e. The quantitative estimate of drug-likeness (QED) is 0.897. The molecule has 2 N–H and O–H groups in total. The first-order valence-corrected chi connectivity index (χ1v) is 8.97. The fourth-order valence-corrected chi connectivity index (χ4v) is 5.67. The van der Waals surface area contributed by atoms with Gasteiger partial charge in [0, 0.05) is 4.88 Å². The fourth-order valence-electron chi connectivity index (χ4n) is 4.62. The number of aromatic nitrogens is 1. The van der Waals surface area contributed by atoms with Crippen molar-refractivity contribution in [3.05, 3.63) is 10.6 Å². The van der Waals surface area contributed by atoms with E-state index in [-0.39, 0.29) is 23.7 Å². The van der Waals surface area contributed by atoms with Crippen molar-refractivity contribution in [3.8, 4) is 0 Å². The lowest BCUT2D eigenvalue weighted by molar-refractivity contribution is -0.148. The third kappa shape index (κ3) is 2.24. The Morgan fingerprint density at radius 1 is 1.14 bits per heavy atom. The van der Waals surface area contributed by atoms with Crippen molar-refractivity contribution in [3.63, 3.8) is 0 Å². The number of nitrogens with zero attached hydrogens (tertiary/aromatic N) is 1. The van der Waals surface area contributed by atoms with Crippen molar-refractivity contribution < 1.29 is 14.7 Å². The number of hydrogen-bond donors (Lipinski definition) is 2. The van der Waals surface area contributed by atoms with Crippen LogP contribution in [0.2, 0.25) is 0 Å². The van der Waals surface area contributed by atoms with Gasteiger partial charge >= 0.3 is 5.97 Å². The standard InChI is InChI=1S/C16H20N2O3S/c19-14(12-8-5-6-9(7-8)13(12)15(20)21)18-16-17-10-3-1-2-4-11(10)22-16/h8-9,12-13H,1-7H2,(H,20,21)(H,17,18,19)/t8-,9-,12-,13+/m0/s1. The molecule has 2 fully saturated rings. The average Bonchev–Trinajstić information content (AvgIpc) is 3.19. The second-order valence-electron chi connectivity index (χ2n) is 6.81. The zero-order valence-corrected chi connectivity index (χ0v) is 13.2. The number of carbonyl (C=O) groups excluding carboxylic acids is 1. The van der Waals surface area contributed by atoms with E-state index < -0.39 is 11.9 Å². The fraction of sp³-hybridized carbons (Fsp3) is 0.688. The minimum Gasteiger partial charge on any atom is -0.481 e. The van der Waals surface area contributed by atoms with Crippen molar-refractivity contribution in [2.45, 2.75) is 44.9 Å². The highest BCUT2D eigenvalue weighted by Gasteiger charge is 2.54. The summed E-state index contributed by atoms with van der Waals surface area (Å²) in [7, 11) is 0. The number of amides is 1. The number of carboxylic acid groups (broad SMARTS) is 1. The number of nitrogens with one attached hydrogen (secondary N) is 1. The molecule has 1 heterocycles. The molecule has 22 heavy (non-hydrogen) atoms. The van der Waals surface area contributed by atoms with E-state index in [0.29, 0.717) is 5.13 Å². The maximum absolute atomic E-state index is 12.6. The first-order valence-electron chi connectivity index (χ1n) is 8.15. The Hall–Kier alpha value is -1.43. The maximum atomic E-state index is 12.6. The third-order valence-corrected chi connectivity index (χ3v) is 6.65. The summed E-state index contributed by atoms with van der Waals surface area (Å²) in [5.41, 5.74) is 1.12. The molecule has 0 saturated heterocycles. The summed E-state index contributed by atoms with van der Waals surface area (Å²) in [6.45, 7) is 0. The van der Waals surface area contributed by atoms with E-state index in [4.69, 9.17) is 0 Å². The highest BCUT2D eigenvalue weighted by molar-refractivity contribution is 7.15. The number of thiazole rings is 1. The van der Waals surface area contributed by atoms with E-state index in [2.05, 4.69) is 10.3 Å². The van der Waals surface area contributed by atoms with Gasteiger partial charge in [-0.15, -0.1) is 11.3 Å². The second-order valence-corrected chi connectivity index (χ2v) is 7.89. The molecule has 4 rings (SSSR count). The first-order chi connectivity index (χ1) is 10.6. The Morgan fingerprint density at radius 3 is 2.59 bits per heavy atom. The Labute approximate surface area is 133 Å². The van der Waals surface area contributed by atoms with Crippen LogP contribution in [0.15, 0.2) is 0 Å². The summed E-state index contributed by atoms with van der Waals surface area (Å²) in [6.07, 6.45) is 7.23. The summed E-state index contributed by atoms with van der Waals surface area (Å²) in [6, 6.07) is 0. The average molecular weight is 320 g/mol. The molecule has 0 unspecified atom stereocenters. The molecule has 0 spiro atoms. The second kappa shape index (κ2) is 5.33. The van der Waals surface area contributed by atoms with E-state index in [1.165, 1.54) is 11.3 Å². The Balaban J connectivity index is 1.52. The predicted molar refractivity (Wildman–Crippen MR) is 82.8 cm³/mol. The molecule has 4 atom stereocenters. The predicted octanol–water partition coefficient (Wildman–Crippen LogP) is 2.71. The number of hydrogen-bond acceptors (Lipinski definition) is 4. The van der Waals surface area contributed by atoms with Gasteiger partial charge < -0.3 is 10.4 Å². The van der Waals surface area contributed by atoms with Gasteiger partial charge in [-0.3, -0.25) is 9.59 Å². The summed E-state index contributed by atoms with van der Waals surface area (Å²) >= 11 is 1.56. The van der Waals surface area contributed by atoms with Crippen molar-refractivity contribution in [2.24, 2.45) is 23.7 Å². The van der Waals surface area contributed by atoms with Crippen LogP contribution >= 0.6 is 11.3 Å². The van der Waals surface area contributed by atoms with Gasteiger partial charge in [-0.1, -0.05) is 0 Å². The van der Waals surface area contributed by atoms with Gasteiger partial charge in [-0.2, -0.15) is 0 Å². The number of carbonyl (C=O) groups is 2. The number of anilines is 1. The molecule has 0 aliphatic heterocycles. The molecule has 1 amide bonds. The van der Waals surface area contributed by atoms with Crippen molar-refractivity contribution in [2.75, 3.05) is 5.32 Å². The zero-order valence-electron chi connectivity index (χ0n) is 12.4. The summed E-state index contributed by atoms with van der Waals surface area (Å²) in [4.78, 5) is 30.0. The summed E-state index contributed by atoms with van der Waals surface area (Å²) < 4.78 is 0. The maximum Gasteiger partial charge on any atom is 0.307 e. The van der Waals surface area contributed by atoms with Gasteiger partial charge in [0.15, 0.2) is 5.13 Å². The topological polar surface area (TPSA) is 79.3 Å². The van der Waals surface area contributed by atoms with E-state index in [1.807, 2.05) is 0 Å². The monoisotopic (exact) mass is 320 g/mol. The van der Waals surface area contributed by atoms with Crippen LogP contribution in [0.25, 0.3) is 0 Å². The molecular formula is C16H20N2O3S.